The Bertz CT molecular complexity index is 1040. The van der Waals surface area contributed by atoms with Crippen LogP contribution in [-0.4, -0.2) is 27.8 Å². The Morgan fingerprint density at radius 2 is 1.68 bits per heavy atom. The molecule has 0 bridgehead atoms. The number of allylic oxidation sites excluding steroid dienone is 1. The number of anilines is 1. The lowest BCUT2D eigenvalue weighted by Gasteiger charge is -2.34. The number of aromatic nitrogens is 2. The third kappa shape index (κ3) is 2.90. The maximum absolute atomic E-state index is 10.6. The van der Waals surface area contributed by atoms with Crippen LogP contribution in [0.15, 0.2) is 67.0 Å². The van der Waals surface area contributed by atoms with E-state index in [4.69, 9.17) is 0 Å². The van der Waals surface area contributed by atoms with E-state index in [1.807, 2.05) is 29.2 Å². The summed E-state index contributed by atoms with van der Waals surface area (Å²) in [5.41, 5.74) is 7.50. The van der Waals surface area contributed by atoms with Gasteiger partial charge in [0.1, 0.15) is 6.23 Å². The van der Waals surface area contributed by atoms with Crippen LogP contribution in [0.25, 0.3) is 28.1 Å². The first-order valence-corrected chi connectivity index (χ1v) is 9.94. The van der Waals surface area contributed by atoms with Gasteiger partial charge in [0.2, 0.25) is 0 Å². The topological polar surface area (TPSA) is 49.2 Å². The number of hydrogen-bond donors (Lipinski definition) is 1. The van der Waals surface area contributed by atoms with Crippen LogP contribution in [0.5, 0.6) is 0 Å². The highest BCUT2D eigenvalue weighted by Crippen LogP contribution is 2.48. The molecule has 1 aliphatic heterocycles. The van der Waals surface area contributed by atoms with Gasteiger partial charge >= 0.3 is 0 Å². The average molecular weight is 369 g/mol. The van der Waals surface area contributed by atoms with Crippen molar-refractivity contribution in [1.29, 1.82) is 0 Å². The quantitative estimate of drug-likeness (QED) is 0.720. The van der Waals surface area contributed by atoms with Crippen molar-refractivity contribution in [3.63, 3.8) is 0 Å². The highest BCUT2D eigenvalue weighted by atomic mass is 16.3. The minimum atomic E-state index is -0.546. The zero-order valence-corrected chi connectivity index (χ0v) is 15.9. The van der Waals surface area contributed by atoms with Gasteiger partial charge in [-0.3, -0.25) is 9.97 Å². The molecule has 1 aromatic heterocycles. The second-order valence-corrected chi connectivity index (χ2v) is 7.45. The Labute approximate surface area is 165 Å². The Balaban J connectivity index is 1.65. The van der Waals surface area contributed by atoms with Crippen LogP contribution in [0.1, 0.15) is 25.3 Å². The molecule has 1 N–H and O–H groups in total. The number of benzene rings is 2. The van der Waals surface area contributed by atoms with Crippen LogP contribution in [0.2, 0.25) is 0 Å². The lowest BCUT2D eigenvalue weighted by atomic mass is 9.91. The second-order valence-electron chi connectivity index (χ2n) is 7.45. The number of likely N-dealkylation sites (N-methyl/N-ethyl adjacent to an activating group) is 1. The summed E-state index contributed by atoms with van der Waals surface area (Å²) in [6, 6.07) is 16.6. The van der Waals surface area contributed by atoms with E-state index in [0.29, 0.717) is 5.92 Å². The summed E-state index contributed by atoms with van der Waals surface area (Å²) < 4.78 is 0. The summed E-state index contributed by atoms with van der Waals surface area (Å²) in [7, 11) is 0. The fourth-order valence-corrected chi connectivity index (χ4v) is 4.11. The Hall–Kier alpha value is -2.98. The van der Waals surface area contributed by atoms with E-state index < -0.39 is 6.23 Å². The van der Waals surface area contributed by atoms with Gasteiger partial charge in [0.05, 0.1) is 11.4 Å². The van der Waals surface area contributed by atoms with Crippen LogP contribution in [0, 0.1) is 5.92 Å². The predicted octanol–water partition coefficient (Wildman–Crippen LogP) is 4.76. The molecular formula is C24H23N3O. The molecule has 1 atom stereocenters. The smallest absolute Gasteiger partial charge is 0.146 e. The zero-order valence-electron chi connectivity index (χ0n) is 15.9. The molecule has 1 fully saturated rings. The van der Waals surface area contributed by atoms with Crippen LogP contribution in [0.4, 0.5) is 5.69 Å². The summed E-state index contributed by atoms with van der Waals surface area (Å²) in [5.74, 6) is 0.568. The molecule has 1 aliphatic carbocycles. The highest BCUT2D eigenvalue weighted by Gasteiger charge is 2.33. The van der Waals surface area contributed by atoms with Gasteiger partial charge in [-0.15, -0.1) is 0 Å². The molecule has 2 aliphatic rings. The molecule has 140 valence electrons. The van der Waals surface area contributed by atoms with Crippen LogP contribution in [0.3, 0.4) is 0 Å². The van der Waals surface area contributed by atoms with Gasteiger partial charge in [0.15, 0.2) is 0 Å². The summed E-state index contributed by atoms with van der Waals surface area (Å²) in [6.45, 7) is 2.84. The van der Waals surface area contributed by atoms with Gasteiger partial charge in [-0.25, -0.2) is 0 Å². The fraction of sp³-hybridized carbons (Fsp3) is 0.250. The SMILES string of the molecule is CCN1c2ccc(-c3nccnc3-c3ccccc3)cc2C(C2CC2)=CC1O. The molecule has 5 rings (SSSR count). The number of fused-ring (bicyclic) bond motifs is 1. The van der Waals surface area contributed by atoms with Crippen molar-refractivity contribution in [2.24, 2.45) is 5.92 Å². The van der Waals surface area contributed by atoms with Gasteiger partial charge in [-0.2, -0.15) is 0 Å². The monoisotopic (exact) mass is 369 g/mol. The van der Waals surface area contributed by atoms with E-state index in [9.17, 15) is 5.11 Å². The van der Waals surface area contributed by atoms with E-state index in [-0.39, 0.29) is 0 Å². The third-order valence-corrected chi connectivity index (χ3v) is 5.64. The zero-order chi connectivity index (χ0) is 19.1. The van der Waals surface area contributed by atoms with Gasteiger partial charge < -0.3 is 10.0 Å². The summed E-state index contributed by atoms with van der Waals surface area (Å²) in [5, 5.41) is 10.6. The van der Waals surface area contributed by atoms with Crippen LogP contribution in [-0.2, 0) is 0 Å². The molecule has 2 aromatic carbocycles. The third-order valence-electron chi connectivity index (χ3n) is 5.64. The summed E-state index contributed by atoms with van der Waals surface area (Å²) >= 11 is 0. The van der Waals surface area contributed by atoms with Gasteiger partial charge in [-0.05, 0) is 49.5 Å². The predicted molar refractivity (Wildman–Crippen MR) is 113 cm³/mol. The van der Waals surface area contributed by atoms with Crippen molar-refractivity contribution in [2.75, 3.05) is 11.4 Å². The number of nitrogens with zero attached hydrogens (tertiary/aromatic N) is 3. The number of hydrogen-bond acceptors (Lipinski definition) is 4. The lowest BCUT2D eigenvalue weighted by Crippen LogP contribution is -2.36. The lowest BCUT2D eigenvalue weighted by molar-refractivity contribution is 0.216. The van der Waals surface area contributed by atoms with Crippen molar-refractivity contribution in [2.45, 2.75) is 26.0 Å². The van der Waals surface area contributed by atoms with Crippen molar-refractivity contribution in [1.82, 2.24) is 9.97 Å². The van der Waals surface area contributed by atoms with Gasteiger partial charge in [0.25, 0.3) is 0 Å². The molecule has 1 unspecified atom stereocenters. The highest BCUT2D eigenvalue weighted by molar-refractivity contribution is 5.87. The first kappa shape index (κ1) is 17.1. The van der Waals surface area contributed by atoms with Crippen molar-refractivity contribution in [3.05, 3.63) is 72.6 Å². The van der Waals surface area contributed by atoms with E-state index in [0.717, 1.165) is 34.7 Å². The molecule has 28 heavy (non-hydrogen) atoms. The minimum absolute atomic E-state index is 0.546. The molecule has 3 aromatic rings. The van der Waals surface area contributed by atoms with E-state index in [1.54, 1.807) is 12.4 Å². The maximum atomic E-state index is 10.6. The number of rotatable bonds is 4. The molecule has 4 nitrogen and oxygen atoms in total. The van der Waals surface area contributed by atoms with Crippen LogP contribution >= 0.6 is 0 Å². The maximum Gasteiger partial charge on any atom is 0.146 e. The normalized spacial score (nSPS) is 18.6. The Morgan fingerprint density at radius 3 is 2.36 bits per heavy atom. The molecule has 0 radical (unpaired) electrons. The minimum Gasteiger partial charge on any atom is -0.370 e. The molecule has 0 saturated heterocycles. The van der Waals surface area contributed by atoms with Crippen molar-refractivity contribution in [3.8, 4) is 22.5 Å². The first-order chi connectivity index (χ1) is 13.8. The standard InChI is InChI=1S/C24H23N3O/c1-2-27-21-11-10-18(14-20(21)19(15-22(27)28)16-8-9-16)24-23(25-12-13-26-24)17-6-4-3-5-7-17/h3-7,10-16,22,28H,2,8-9H2,1H3. The Kier molecular flexibility index (Phi) is 4.21. The number of aliphatic hydroxyl groups excluding tert-OH is 1. The van der Waals surface area contributed by atoms with Gasteiger partial charge in [0, 0.05) is 41.3 Å². The van der Waals surface area contributed by atoms with Gasteiger partial charge in [-0.1, -0.05) is 36.4 Å². The van der Waals surface area contributed by atoms with E-state index >= 15 is 0 Å². The van der Waals surface area contributed by atoms with Crippen molar-refractivity contribution >= 4 is 11.3 Å². The summed E-state index contributed by atoms with van der Waals surface area (Å²) in [6.07, 6.45) is 7.39. The molecular weight excluding hydrogens is 346 g/mol. The molecule has 2 heterocycles. The number of aliphatic hydroxyl groups is 1. The van der Waals surface area contributed by atoms with E-state index in [1.165, 1.54) is 24.0 Å². The van der Waals surface area contributed by atoms with Crippen molar-refractivity contribution < 1.29 is 5.11 Å². The fourth-order valence-electron chi connectivity index (χ4n) is 4.11. The first-order valence-electron chi connectivity index (χ1n) is 9.94. The average Bonchev–Trinajstić information content (AvgIpc) is 3.59. The molecule has 0 amide bonds. The largest absolute Gasteiger partial charge is 0.370 e. The molecule has 0 spiro atoms. The van der Waals surface area contributed by atoms with E-state index in [2.05, 4.69) is 47.2 Å². The molecule has 1 saturated carbocycles. The molecule has 4 heteroatoms. The summed E-state index contributed by atoms with van der Waals surface area (Å²) in [4.78, 5) is 11.3. The second kappa shape index (κ2) is 6.88. The Morgan fingerprint density at radius 1 is 0.964 bits per heavy atom. The van der Waals surface area contributed by atoms with Crippen LogP contribution < -0.4 is 4.90 Å².